The number of nitrogens with one attached hydrogen (secondary N) is 1. The van der Waals surface area contributed by atoms with Gasteiger partial charge >= 0.3 is 12.2 Å². The van der Waals surface area contributed by atoms with Crippen molar-refractivity contribution >= 4 is 22.4 Å². The summed E-state index contributed by atoms with van der Waals surface area (Å²) in [4.78, 5) is 16.8. The third-order valence-electron chi connectivity index (χ3n) is 3.19. The molecule has 0 radical (unpaired) electrons. The SMILES string of the molecule is O=C(Nc1cccs1)N1CC(Oc2cccc(C(F)(F)F)n2)C1. The topological polar surface area (TPSA) is 54.5 Å². The van der Waals surface area contributed by atoms with Gasteiger partial charge in [-0.05, 0) is 23.6 Å². The van der Waals surface area contributed by atoms with Gasteiger partial charge in [-0.1, -0.05) is 6.07 Å². The molecule has 122 valence electrons. The maximum Gasteiger partial charge on any atom is 0.433 e. The van der Waals surface area contributed by atoms with Crippen molar-refractivity contribution in [1.29, 1.82) is 0 Å². The minimum atomic E-state index is -4.51. The molecule has 0 spiro atoms. The summed E-state index contributed by atoms with van der Waals surface area (Å²) < 4.78 is 43.1. The molecule has 2 aromatic rings. The van der Waals surface area contributed by atoms with Crippen LogP contribution in [0.3, 0.4) is 0 Å². The molecule has 1 aliphatic heterocycles. The first-order chi connectivity index (χ1) is 10.9. The van der Waals surface area contributed by atoms with E-state index < -0.39 is 11.9 Å². The van der Waals surface area contributed by atoms with E-state index >= 15 is 0 Å². The Labute approximate surface area is 133 Å². The Kier molecular flexibility index (Phi) is 4.12. The van der Waals surface area contributed by atoms with Crippen molar-refractivity contribution < 1.29 is 22.7 Å². The van der Waals surface area contributed by atoms with Gasteiger partial charge in [0, 0.05) is 6.07 Å². The molecule has 0 bridgehead atoms. The number of halogens is 3. The summed E-state index contributed by atoms with van der Waals surface area (Å²) in [6.07, 6.45) is -4.87. The normalized spacial score (nSPS) is 15.2. The summed E-state index contributed by atoms with van der Waals surface area (Å²) in [6, 6.07) is 6.83. The predicted molar refractivity (Wildman–Crippen MR) is 78.6 cm³/mol. The summed E-state index contributed by atoms with van der Waals surface area (Å²) in [6.45, 7) is 0.601. The Balaban J connectivity index is 1.51. The molecular formula is C14H12F3N3O2S. The molecule has 1 aliphatic rings. The maximum atomic E-state index is 12.6. The molecule has 2 aromatic heterocycles. The highest BCUT2D eigenvalue weighted by Crippen LogP contribution is 2.29. The molecule has 0 aliphatic carbocycles. The van der Waals surface area contributed by atoms with Gasteiger partial charge in [0.05, 0.1) is 18.1 Å². The van der Waals surface area contributed by atoms with E-state index in [0.29, 0.717) is 13.1 Å². The first kappa shape index (κ1) is 15.6. The number of urea groups is 1. The van der Waals surface area contributed by atoms with Crippen LogP contribution in [0.15, 0.2) is 35.7 Å². The zero-order valence-corrected chi connectivity index (χ0v) is 12.5. The van der Waals surface area contributed by atoms with Crippen molar-refractivity contribution in [3.05, 3.63) is 41.4 Å². The molecule has 23 heavy (non-hydrogen) atoms. The summed E-state index contributed by atoms with van der Waals surface area (Å²) in [5.74, 6) is -0.0943. The average Bonchev–Trinajstić information content (AvgIpc) is 2.94. The van der Waals surface area contributed by atoms with E-state index in [2.05, 4.69) is 10.3 Å². The second kappa shape index (κ2) is 6.07. The van der Waals surface area contributed by atoms with Gasteiger partial charge in [-0.3, -0.25) is 5.32 Å². The minimum absolute atomic E-state index is 0.0943. The number of amides is 2. The second-order valence-corrected chi connectivity index (χ2v) is 5.86. The molecule has 3 heterocycles. The van der Waals surface area contributed by atoms with Crippen molar-refractivity contribution in [3.8, 4) is 5.88 Å². The van der Waals surface area contributed by atoms with Crippen LogP contribution in [-0.2, 0) is 6.18 Å². The number of alkyl halides is 3. The Morgan fingerprint density at radius 3 is 2.74 bits per heavy atom. The highest BCUT2D eigenvalue weighted by Gasteiger charge is 2.35. The first-order valence-corrected chi connectivity index (χ1v) is 7.60. The highest BCUT2D eigenvalue weighted by molar-refractivity contribution is 7.14. The standard InChI is InChI=1S/C14H12F3N3O2S/c15-14(16,17)10-3-1-4-11(18-10)22-9-7-20(8-9)13(21)19-12-5-2-6-23-12/h1-6,9H,7-8H2,(H,19,21). The molecular weight excluding hydrogens is 331 g/mol. The van der Waals surface area contributed by atoms with E-state index in [0.717, 1.165) is 11.1 Å². The fraction of sp³-hybridized carbons (Fsp3) is 0.286. The summed E-state index contributed by atoms with van der Waals surface area (Å²) in [5.41, 5.74) is -0.999. The third kappa shape index (κ3) is 3.73. The van der Waals surface area contributed by atoms with Gasteiger partial charge in [-0.25, -0.2) is 9.78 Å². The zero-order valence-electron chi connectivity index (χ0n) is 11.7. The van der Waals surface area contributed by atoms with Crippen LogP contribution in [0.1, 0.15) is 5.69 Å². The number of nitrogens with zero attached hydrogens (tertiary/aromatic N) is 2. The van der Waals surface area contributed by atoms with Crippen LogP contribution in [-0.4, -0.2) is 35.1 Å². The smallest absolute Gasteiger partial charge is 0.433 e. The average molecular weight is 343 g/mol. The quantitative estimate of drug-likeness (QED) is 0.929. The number of carbonyl (C=O) groups excluding carboxylic acids is 1. The van der Waals surface area contributed by atoms with Crippen LogP contribution in [0.25, 0.3) is 0 Å². The summed E-state index contributed by atoms with van der Waals surface area (Å²) >= 11 is 1.40. The van der Waals surface area contributed by atoms with E-state index in [1.54, 1.807) is 6.07 Å². The Morgan fingerprint density at radius 1 is 1.30 bits per heavy atom. The molecule has 1 fully saturated rings. The summed E-state index contributed by atoms with van der Waals surface area (Å²) in [5, 5.41) is 5.30. The van der Waals surface area contributed by atoms with Crippen LogP contribution in [0.4, 0.5) is 23.0 Å². The minimum Gasteiger partial charge on any atom is -0.471 e. The van der Waals surface area contributed by atoms with E-state index in [1.807, 2.05) is 11.4 Å². The maximum absolute atomic E-state index is 12.6. The number of rotatable bonds is 3. The number of carbonyl (C=O) groups is 1. The number of aromatic nitrogens is 1. The summed E-state index contributed by atoms with van der Waals surface area (Å²) in [7, 11) is 0. The van der Waals surface area contributed by atoms with Crippen LogP contribution >= 0.6 is 11.3 Å². The number of hydrogen-bond acceptors (Lipinski definition) is 4. The molecule has 0 atom stereocenters. The van der Waals surface area contributed by atoms with Gasteiger partial charge < -0.3 is 9.64 Å². The van der Waals surface area contributed by atoms with Crippen LogP contribution < -0.4 is 10.1 Å². The van der Waals surface area contributed by atoms with E-state index in [1.165, 1.54) is 28.4 Å². The lowest BCUT2D eigenvalue weighted by Crippen LogP contribution is -2.57. The van der Waals surface area contributed by atoms with Crippen molar-refractivity contribution in [2.24, 2.45) is 0 Å². The molecule has 1 N–H and O–H groups in total. The van der Waals surface area contributed by atoms with Gasteiger partial charge in [-0.2, -0.15) is 13.2 Å². The number of anilines is 1. The van der Waals surface area contributed by atoms with Gasteiger partial charge in [-0.15, -0.1) is 11.3 Å². The molecule has 3 rings (SSSR count). The molecule has 1 saturated heterocycles. The first-order valence-electron chi connectivity index (χ1n) is 6.72. The Morgan fingerprint density at radius 2 is 2.09 bits per heavy atom. The largest absolute Gasteiger partial charge is 0.471 e. The lowest BCUT2D eigenvalue weighted by Gasteiger charge is -2.38. The van der Waals surface area contributed by atoms with E-state index in [9.17, 15) is 18.0 Å². The number of likely N-dealkylation sites (tertiary alicyclic amines) is 1. The Bertz CT molecular complexity index is 685. The number of pyridine rings is 1. The van der Waals surface area contributed by atoms with Crippen molar-refractivity contribution in [3.63, 3.8) is 0 Å². The van der Waals surface area contributed by atoms with E-state index in [-0.39, 0.29) is 18.0 Å². The number of ether oxygens (including phenoxy) is 1. The van der Waals surface area contributed by atoms with E-state index in [4.69, 9.17) is 4.74 Å². The number of hydrogen-bond donors (Lipinski definition) is 1. The Hall–Kier alpha value is -2.29. The lowest BCUT2D eigenvalue weighted by molar-refractivity contribution is -0.141. The fourth-order valence-corrected chi connectivity index (χ4v) is 2.63. The van der Waals surface area contributed by atoms with Crippen molar-refractivity contribution in [2.45, 2.75) is 12.3 Å². The van der Waals surface area contributed by atoms with Gasteiger partial charge in [0.2, 0.25) is 5.88 Å². The van der Waals surface area contributed by atoms with Gasteiger partial charge in [0.15, 0.2) is 0 Å². The van der Waals surface area contributed by atoms with Gasteiger partial charge in [0.25, 0.3) is 0 Å². The second-order valence-electron chi connectivity index (χ2n) is 4.91. The van der Waals surface area contributed by atoms with Crippen LogP contribution in [0.5, 0.6) is 5.88 Å². The molecule has 0 unspecified atom stereocenters. The van der Waals surface area contributed by atoms with Crippen molar-refractivity contribution in [2.75, 3.05) is 18.4 Å². The third-order valence-corrected chi connectivity index (χ3v) is 3.97. The fourth-order valence-electron chi connectivity index (χ4n) is 2.02. The molecule has 5 nitrogen and oxygen atoms in total. The molecule has 9 heteroatoms. The predicted octanol–water partition coefficient (Wildman–Crippen LogP) is 3.46. The van der Waals surface area contributed by atoms with Gasteiger partial charge in [0.1, 0.15) is 11.8 Å². The van der Waals surface area contributed by atoms with Crippen molar-refractivity contribution in [1.82, 2.24) is 9.88 Å². The monoisotopic (exact) mass is 343 g/mol. The lowest BCUT2D eigenvalue weighted by atomic mass is 10.2. The molecule has 0 aromatic carbocycles. The van der Waals surface area contributed by atoms with Crippen LogP contribution in [0.2, 0.25) is 0 Å². The molecule has 2 amide bonds. The highest BCUT2D eigenvalue weighted by atomic mass is 32.1. The van der Waals surface area contributed by atoms with Crippen LogP contribution in [0, 0.1) is 0 Å². The molecule has 0 saturated carbocycles. The number of thiophene rings is 1. The zero-order chi connectivity index (χ0) is 16.4.